The third-order valence-electron chi connectivity index (χ3n) is 2.96. The minimum atomic E-state index is -3.44. The van der Waals surface area contributed by atoms with Crippen LogP contribution in [-0.4, -0.2) is 14.5 Å². The molecule has 0 heterocycles. The fourth-order valence-corrected chi connectivity index (χ4v) is 3.80. The molecule has 17 heavy (non-hydrogen) atoms. The van der Waals surface area contributed by atoms with Gasteiger partial charge in [-0.15, -0.1) is 0 Å². The van der Waals surface area contributed by atoms with Gasteiger partial charge in [-0.25, -0.2) is 13.1 Å². The highest BCUT2D eigenvalue weighted by Gasteiger charge is 2.21. The van der Waals surface area contributed by atoms with E-state index in [-0.39, 0.29) is 10.9 Å². The van der Waals surface area contributed by atoms with Crippen molar-refractivity contribution in [1.82, 2.24) is 4.72 Å². The number of hydrogen-bond donors (Lipinski definition) is 1. The number of rotatable bonds is 5. The van der Waals surface area contributed by atoms with Crippen LogP contribution in [0.4, 0.5) is 0 Å². The largest absolute Gasteiger partial charge is 0.241 e. The van der Waals surface area contributed by atoms with Gasteiger partial charge in [0.1, 0.15) is 0 Å². The molecule has 0 amide bonds. The van der Waals surface area contributed by atoms with E-state index in [0.29, 0.717) is 10.4 Å². The van der Waals surface area contributed by atoms with Crippen molar-refractivity contribution in [3.63, 3.8) is 0 Å². The van der Waals surface area contributed by atoms with Crippen LogP contribution in [0.15, 0.2) is 33.6 Å². The second-order valence-corrected chi connectivity index (χ2v) is 6.76. The van der Waals surface area contributed by atoms with Gasteiger partial charge in [0.15, 0.2) is 0 Å². The predicted molar refractivity (Wildman–Crippen MR) is 73.4 cm³/mol. The fourth-order valence-electron chi connectivity index (χ4n) is 1.44. The van der Waals surface area contributed by atoms with E-state index in [2.05, 4.69) is 20.7 Å². The Kier molecular flexibility index (Phi) is 5.16. The Morgan fingerprint density at radius 3 is 2.41 bits per heavy atom. The Morgan fingerprint density at radius 2 is 1.88 bits per heavy atom. The molecule has 96 valence electrons. The van der Waals surface area contributed by atoms with Gasteiger partial charge in [0, 0.05) is 10.5 Å². The Hall–Kier alpha value is -0.390. The van der Waals surface area contributed by atoms with Gasteiger partial charge in [0.05, 0.1) is 4.90 Å². The molecule has 1 aromatic carbocycles. The number of hydrogen-bond acceptors (Lipinski definition) is 2. The summed E-state index contributed by atoms with van der Waals surface area (Å²) in [5.74, 6) is 0.312. The quantitative estimate of drug-likeness (QED) is 0.906. The molecule has 5 heteroatoms. The van der Waals surface area contributed by atoms with Crippen LogP contribution in [0.1, 0.15) is 27.2 Å². The lowest BCUT2D eigenvalue weighted by Crippen LogP contribution is -2.37. The smallest absolute Gasteiger partial charge is 0.208 e. The first kappa shape index (κ1) is 14.7. The van der Waals surface area contributed by atoms with Crippen LogP contribution in [0, 0.1) is 5.92 Å². The summed E-state index contributed by atoms with van der Waals surface area (Å²) in [6.45, 7) is 5.98. The zero-order valence-corrected chi connectivity index (χ0v) is 12.7. The molecule has 0 aliphatic carbocycles. The molecule has 1 N–H and O–H groups in total. The summed E-state index contributed by atoms with van der Waals surface area (Å²) in [7, 11) is -3.44. The van der Waals surface area contributed by atoms with Crippen LogP contribution in [0.2, 0.25) is 0 Å². The average Bonchev–Trinajstić information content (AvgIpc) is 2.27. The molecule has 0 radical (unpaired) electrons. The standard InChI is InChI=1S/C12H18BrNO2S/c1-4-9(2)10(3)14-17(15,16)12-8-6-5-7-11(12)13/h5-10,14H,4H2,1-3H3. The summed E-state index contributed by atoms with van der Waals surface area (Å²) >= 11 is 3.26. The van der Waals surface area contributed by atoms with E-state index in [9.17, 15) is 8.42 Å². The lowest BCUT2D eigenvalue weighted by Gasteiger charge is -2.20. The molecule has 0 bridgehead atoms. The van der Waals surface area contributed by atoms with E-state index < -0.39 is 10.0 Å². The van der Waals surface area contributed by atoms with Crippen molar-refractivity contribution < 1.29 is 8.42 Å². The number of halogens is 1. The number of nitrogens with one attached hydrogen (secondary N) is 1. The first-order valence-corrected chi connectivity index (χ1v) is 7.93. The molecule has 0 aliphatic heterocycles. The van der Waals surface area contributed by atoms with Gasteiger partial charge < -0.3 is 0 Å². The maximum absolute atomic E-state index is 12.1. The van der Waals surface area contributed by atoms with Crippen LogP contribution in [0.3, 0.4) is 0 Å². The highest BCUT2D eigenvalue weighted by atomic mass is 79.9. The van der Waals surface area contributed by atoms with Crippen molar-refractivity contribution in [3.05, 3.63) is 28.7 Å². The van der Waals surface area contributed by atoms with E-state index in [1.165, 1.54) is 0 Å². The Labute approximate surface area is 112 Å². The van der Waals surface area contributed by atoms with Crippen LogP contribution in [-0.2, 0) is 10.0 Å². The maximum atomic E-state index is 12.1. The first-order valence-electron chi connectivity index (χ1n) is 5.65. The molecule has 2 unspecified atom stereocenters. The highest BCUT2D eigenvalue weighted by molar-refractivity contribution is 9.10. The minimum absolute atomic E-state index is 0.0721. The molecule has 1 rings (SSSR count). The topological polar surface area (TPSA) is 46.2 Å². The molecule has 1 aromatic rings. The monoisotopic (exact) mass is 319 g/mol. The molecular formula is C12H18BrNO2S. The van der Waals surface area contributed by atoms with E-state index >= 15 is 0 Å². The summed E-state index contributed by atoms with van der Waals surface area (Å²) in [5.41, 5.74) is 0. The van der Waals surface area contributed by atoms with Crippen molar-refractivity contribution in [2.24, 2.45) is 5.92 Å². The Bertz CT molecular complexity index is 473. The predicted octanol–water partition coefficient (Wildman–Crippen LogP) is 3.16. The molecule has 0 aromatic heterocycles. The summed E-state index contributed by atoms with van der Waals surface area (Å²) in [6.07, 6.45) is 0.944. The second kappa shape index (κ2) is 5.98. The zero-order valence-electron chi connectivity index (χ0n) is 10.3. The molecule has 0 spiro atoms. The van der Waals surface area contributed by atoms with E-state index in [1.807, 2.05) is 20.8 Å². The highest BCUT2D eigenvalue weighted by Crippen LogP contribution is 2.22. The van der Waals surface area contributed by atoms with Crippen LogP contribution in [0.25, 0.3) is 0 Å². The zero-order chi connectivity index (χ0) is 13.1. The maximum Gasteiger partial charge on any atom is 0.241 e. The van der Waals surface area contributed by atoms with Gasteiger partial charge in [-0.1, -0.05) is 32.4 Å². The first-order chi connectivity index (χ1) is 7.88. The number of sulfonamides is 1. The molecule has 2 atom stereocenters. The summed E-state index contributed by atoms with van der Waals surface area (Å²) in [4.78, 5) is 0.287. The van der Waals surface area contributed by atoms with Gasteiger partial charge in [0.25, 0.3) is 0 Å². The minimum Gasteiger partial charge on any atom is -0.208 e. The third-order valence-corrected chi connectivity index (χ3v) is 5.54. The van der Waals surface area contributed by atoms with Crippen molar-refractivity contribution in [1.29, 1.82) is 0 Å². The summed E-state index contributed by atoms with van der Waals surface area (Å²) in [5, 5.41) is 0. The van der Waals surface area contributed by atoms with Crippen LogP contribution < -0.4 is 4.72 Å². The Morgan fingerprint density at radius 1 is 1.29 bits per heavy atom. The molecule has 0 saturated heterocycles. The van der Waals surface area contributed by atoms with Gasteiger partial charge >= 0.3 is 0 Å². The summed E-state index contributed by atoms with van der Waals surface area (Å²) < 4.78 is 27.6. The van der Waals surface area contributed by atoms with Crippen molar-refractivity contribution >= 4 is 26.0 Å². The average molecular weight is 320 g/mol. The molecule has 3 nitrogen and oxygen atoms in total. The van der Waals surface area contributed by atoms with Gasteiger partial charge in [-0.2, -0.15) is 0 Å². The van der Waals surface area contributed by atoms with Crippen molar-refractivity contribution in [2.75, 3.05) is 0 Å². The van der Waals surface area contributed by atoms with E-state index in [0.717, 1.165) is 6.42 Å². The van der Waals surface area contributed by atoms with Gasteiger partial charge in [-0.3, -0.25) is 0 Å². The normalized spacial score (nSPS) is 15.5. The van der Waals surface area contributed by atoms with Crippen molar-refractivity contribution in [3.8, 4) is 0 Å². The lowest BCUT2D eigenvalue weighted by molar-refractivity contribution is 0.434. The molecule has 0 aliphatic rings. The van der Waals surface area contributed by atoms with Gasteiger partial charge in [-0.05, 0) is 40.9 Å². The second-order valence-electron chi connectivity index (χ2n) is 4.23. The van der Waals surface area contributed by atoms with Crippen LogP contribution in [0.5, 0.6) is 0 Å². The molecular weight excluding hydrogens is 302 g/mol. The van der Waals surface area contributed by atoms with Crippen LogP contribution >= 0.6 is 15.9 Å². The van der Waals surface area contributed by atoms with E-state index in [4.69, 9.17) is 0 Å². The Balaban J connectivity index is 2.94. The van der Waals surface area contributed by atoms with Crippen molar-refractivity contribution in [2.45, 2.75) is 38.1 Å². The third kappa shape index (κ3) is 3.79. The summed E-state index contributed by atoms with van der Waals surface area (Å²) in [6, 6.07) is 6.75. The SMILES string of the molecule is CCC(C)C(C)NS(=O)(=O)c1ccccc1Br. The fraction of sp³-hybridized carbons (Fsp3) is 0.500. The number of benzene rings is 1. The molecule has 0 saturated carbocycles. The van der Waals surface area contributed by atoms with Gasteiger partial charge in [0.2, 0.25) is 10.0 Å². The molecule has 0 fully saturated rings. The van der Waals surface area contributed by atoms with E-state index in [1.54, 1.807) is 24.3 Å². The lowest BCUT2D eigenvalue weighted by atomic mass is 10.0.